The Hall–Kier alpha value is -4.26. The molecule has 0 unspecified atom stereocenters. The molecule has 36 heavy (non-hydrogen) atoms. The van der Waals surface area contributed by atoms with Crippen molar-refractivity contribution < 1.29 is 44.7 Å². The molecule has 0 aliphatic carbocycles. The lowest BCUT2D eigenvalue weighted by Crippen LogP contribution is -3.00. The van der Waals surface area contributed by atoms with E-state index in [0.29, 0.717) is 0 Å². The molecule has 0 atom stereocenters. The number of halogens is 2. The van der Waals surface area contributed by atoms with Crippen LogP contribution in [0.1, 0.15) is 0 Å². The molecule has 0 amide bonds. The zero-order valence-electron chi connectivity index (χ0n) is 19.0. The third-order valence-corrected chi connectivity index (χ3v) is 5.51. The summed E-state index contributed by atoms with van der Waals surface area (Å²) in [4.78, 5) is 8.13. The van der Waals surface area contributed by atoms with Gasteiger partial charge >= 0.3 is 0 Å². The van der Waals surface area contributed by atoms with E-state index in [9.17, 15) is 10.4 Å². The number of hydrogen-bond acceptors (Lipinski definition) is 4. The minimum absolute atomic E-state index is 0. The first kappa shape index (κ1) is 26.3. The normalized spacial score (nSPS) is 10.0. The van der Waals surface area contributed by atoms with Crippen molar-refractivity contribution in [1.82, 2.24) is 9.97 Å². The average molecular weight is 517 g/mol. The summed E-state index contributed by atoms with van der Waals surface area (Å²) in [6.07, 6.45) is 10.2. The fraction of sp³-hybridized carbons (Fsp3) is 0. The van der Waals surface area contributed by atoms with Gasteiger partial charge in [0.25, 0.3) is 11.0 Å². The first-order valence-corrected chi connectivity index (χ1v) is 10.8. The Bertz CT molecular complexity index is 1460. The number of nitrogens with zero attached hydrogens (tertiary/aromatic N) is 4. The van der Waals surface area contributed by atoms with Gasteiger partial charge in [0.05, 0.1) is 21.9 Å². The van der Waals surface area contributed by atoms with Crippen LogP contribution in [0, 0.1) is 0 Å². The smallest absolute Gasteiger partial charge is 0.267 e. The molecule has 0 radical (unpaired) electrons. The van der Waals surface area contributed by atoms with E-state index in [1.54, 1.807) is 49.3 Å². The zero-order chi connectivity index (χ0) is 23.3. The predicted molar refractivity (Wildman–Crippen MR) is 129 cm³/mol. The molecule has 0 aliphatic rings. The van der Waals surface area contributed by atoms with Crippen molar-refractivity contribution in [2.75, 3.05) is 0 Å². The highest BCUT2D eigenvalue weighted by molar-refractivity contribution is 5.80. The van der Waals surface area contributed by atoms with Gasteiger partial charge in [-0.3, -0.25) is 20.4 Å². The number of pyridine rings is 4. The Kier molecular flexibility index (Phi) is 8.73. The zero-order valence-corrected chi connectivity index (χ0v) is 20.5. The Morgan fingerprint density at radius 1 is 0.500 bits per heavy atom. The molecule has 0 spiro atoms. The minimum atomic E-state index is 0. The average Bonchev–Trinajstić information content (AvgIpc) is 2.90. The van der Waals surface area contributed by atoms with Gasteiger partial charge in [0, 0.05) is 46.4 Å². The van der Waals surface area contributed by atoms with Gasteiger partial charge < -0.3 is 24.8 Å². The van der Waals surface area contributed by atoms with Gasteiger partial charge in [0.1, 0.15) is 0 Å². The molecule has 0 saturated heterocycles. The maximum atomic E-state index is 9.90. The van der Waals surface area contributed by atoms with Gasteiger partial charge in [0.15, 0.2) is 0 Å². The van der Waals surface area contributed by atoms with Gasteiger partial charge in [-0.2, -0.15) is 0 Å². The molecule has 4 aromatic heterocycles. The van der Waals surface area contributed by atoms with E-state index >= 15 is 0 Å². The van der Waals surface area contributed by atoms with Crippen molar-refractivity contribution in [2.24, 2.45) is 0 Å². The fourth-order valence-electron chi connectivity index (χ4n) is 3.83. The van der Waals surface area contributed by atoms with E-state index in [4.69, 9.17) is 0 Å². The summed E-state index contributed by atoms with van der Waals surface area (Å²) >= 11 is 0. The molecule has 4 heterocycles. The highest BCUT2D eigenvalue weighted by Gasteiger charge is 2.12. The molecule has 6 rings (SSSR count). The first-order chi connectivity index (χ1) is 16.7. The maximum absolute atomic E-state index is 9.90. The molecule has 0 aliphatic heterocycles. The predicted octanol–water partition coefficient (Wildman–Crippen LogP) is -1.14. The lowest BCUT2D eigenvalue weighted by atomic mass is 10.1. The largest absolute Gasteiger partial charge is 1.00 e. The highest BCUT2D eigenvalue weighted by atomic mass is 35.5. The lowest BCUT2D eigenvalue weighted by Gasteiger charge is -2.00. The Labute approximate surface area is 220 Å². The second kappa shape index (κ2) is 11.9. The SMILES string of the molecule is O[n+]1cc(-c2ccccc2)cc2cnccc21.O[n+]1cc(-c2ccccc2)cc2cnccc21.[Cl-].[Cl-]. The molecule has 6 nitrogen and oxygen atoms in total. The standard InChI is InChI=1S/2C14H11N2O.2ClH/c2*17-16-10-13(11-4-2-1-3-5-11)8-12-9-15-7-6-14(12)16;;/h2*1-10,17H;2*1H/q2*+1;;/p-2. The Balaban J connectivity index is 0.000000190. The second-order valence-corrected chi connectivity index (χ2v) is 7.75. The molecule has 8 heteroatoms. The summed E-state index contributed by atoms with van der Waals surface area (Å²) < 4.78 is 2.28. The molecule has 0 saturated carbocycles. The van der Waals surface area contributed by atoms with Crippen molar-refractivity contribution in [3.8, 4) is 22.3 Å². The number of rotatable bonds is 2. The first-order valence-electron chi connectivity index (χ1n) is 10.8. The van der Waals surface area contributed by atoms with Crippen LogP contribution >= 0.6 is 0 Å². The molecule has 0 fully saturated rings. The molecular weight excluding hydrogens is 495 g/mol. The van der Waals surface area contributed by atoms with Crippen LogP contribution in [-0.4, -0.2) is 20.4 Å². The van der Waals surface area contributed by atoms with Crippen LogP contribution in [0.2, 0.25) is 0 Å². The van der Waals surface area contributed by atoms with Gasteiger partial charge in [-0.15, -0.1) is 0 Å². The molecule has 2 N–H and O–H groups in total. The van der Waals surface area contributed by atoms with E-state index in [1.165, 1.54) is 0 Å². The van der Waals surface area contributed by atoms with Gasteiger partial charge in [-0.25, -0.2) is 0 Å². The van der Waals surface area contributed by atoms with Gasteiger partial charge in [0.2, 0.25) is 12.4 Å². The summed E-state index contributed by atoms with van der Waals surface area (Å²) in [5, 5.41) is 21.6. The highest BCUT2D eigenvalue weighted by Crippen LogP contribution is 2.21. The minimum Gasteiger partial charge on any atom is -1.00 e. The van der Waals surface area contributed by atoms with Crippen LogP contribution < -0.4 is 34.3 Å². The second-order valence-electron chi connectivity index (χ2n) is 7.75. The van der Waals surface area contributed by atoms with Crippen LogP contribution in [0.4, 0.5) is 0 Å². The Morgan fingerprint density at radius 2 is 0.889 bits per heavy atom. The van der Waals surface area contributed by atoms with E-state index in [1.807, 2.05) is 72.8 Å². The number of aromatic nitrogens is 4. The van der Waals surface area contributed by atoms with Crippen molar-refractivity contribution in [1.29, 1.82) is 0 Å². The van der Waals surface area contributed by atoms with E-state index in [-0.39, 0.29) is 24.8 Å². The van der Waals surface area contributed by atoms with Crippen molar-refractivity contribution >= 4 is 21.8 Å². The van der Waals surface area contributed by atoms with Crippen LogP contribution in [0.15, 0.2) is 122 Å². The van der Waals surface area contributed by atoms with Crippen LogP contribution in [0.5, 0.6) is 0 Å². The maximum Gasteiger partial charge on any atom is 0.267 e. The summed E-state index contributed by atoms with van der Waals surface area (Å²) in [6, 6.07) is 27.5. The summed E-state index contributed by atoms with van der Waals surface area (Å²) in [7, 11) is 0. The molecule has 6 aromatic rings. The summed E-state index contributed by atoms with van der Waals surface area (Å²) in [5.74, 6) is 0. The van der Waals surface area contributed by atoms with Gasteiger partial charge in [-0.05, 0) is 23.3 Å². The fourth-order valence-corrected chi connectivity index (χ4v) is 3.83. The van der Waals surface area contributed by atoms with Crippen molar-refractivity contribution in [3.05, 3.63) is 122 Å². The Morgan fingerprint density at radius 3 is 1.28 bits per heavy atom. The third kappa shape index (κ3) is 5.68. The molecule has 0 bridgehead atoms. The van der Waals surface area contributed by atoms with Crippen LogP contribution in [0.3, 0.4) is 0 Å². The number of fused-ring (bicyclic) bond motifs is 2. The molecule has 2 aromatic carbocycles. The molecule has 180 valence electrons. The van der Waals surface area contributed by atoms with E-state index in [2.05, 4.69) is 9.97 Å². The lowest BCUT2D eigenvalue weighted by molar-refractivity contribution is -0.884. The van der Waals surface area contributed by atoms with Crippen LogP contribution in [-0.2, 0) is 0 Å². The number of hydrogen-bond donors (Lipinski definition) is 2. The van der Waals surface area contributed by atoms with Crippen LogP contribution in [0.25, 0.3) is 44.1 Å². The number of benzene rings is 2. The van der Waals surface area contributed by atoms with E-state index in [0.717, 1.165) is 53.5 Å². The molecular formula is C28H22Cl2N4O2. The summed E-state index contributed by atoms with van der Waals surface area (Å²) in [5.41, 5.74) is 5.57. The van der Waals surface area contributed by atoms with Gasteiger partial charge in [-0.1, -0.05) is 60.7 Å². The van der Waals surface area contributed by atoms with Crippen molar-refractivity contribution in [3.63, 3.8) is 0 Å². The van der Waals surface area contributed by atoms with E-state index < -0.39 is 0 Å². The third-order valence-electron chi connectivity index (χ3n) is 5.51. The summed E-state index contributed by atoms with van der Waals surface area (Å²) in [6.45, 7) is 0. The monoisotopic (exact) mass is 516 g/mol. The van der Waals surface area contributed by atoms with Crippen molar-refractivity contribution in [2.45, 2.75) is 0 Å². The topological polar surface area (TPSA) is 74.0 Å². The quantitative estimate of drug-likeness (QED) is 0.225.